The molecule has 0 saturated heterocycles. The molecule has 0 aliphatic heterocycles. The van der Waals surface area contributed by atoms with Crippen molar-refractivity contribution in [1.29, 1.82) is 0 Å². The highest BCUT2D eigenvalue weighted by Gasteiger charge is 2.33. The molecule has 1 rings (SSSR count). The van der Waals surface area contributed by atoms with Crippen LogP contribution in [-0.4, -0.2) is 27.1 Å². The number of carboxylic acids is 1. The van der Waals surface area contributed by atoms with Crippen LogP contribution in [0.25, 0.3) is 0 Å². The van der Waals surface area contributed by atoms with Gasteiger partial charge >= 0.3 is 12.1 Å². The van der Waals surface area contributed by atoms with Crippen molar-refractivity contribution in [2.24, 2.45) is 0 Å². The van der Waals surface area contributed by atoms with Crippen molar-refractivity contribution in [3.05, 3.63) is 30.6 Å². The topological polar surface area (TPSA) is 75.1 Å². The number of rotatable bonds is 5. The first-order chi connectivity index (χ1) is 8.34. The zero-order valence-electron chi connectivity index (χ0n) is 9.11. The molecule has 5 nitrogen and oxygen atoms in total. The standard InChI is InChI=1S/C10H10F3N3O2/c1-2-3-6(8(17)18)15-9-14-5-4-7(16-9)10(11,12)13/h2,4-6H,1,3H2,(H,17,18)(H,14,15,16). The lowest BCUT2D eigenvalue weighted by Crippen LogP contribution is -2.29. The molecule has 1 unspecified atom stereocenters. The maximum Gasteiger partial charge on any atom is 0.433 e. The molecule has 8 heteroatoms. The Morgan fingerprint density at radius 3 is 2.78 bits per heavy atom. The van der Waals surface area contributed by atoms with E-state index in [9.17, 15) is 18.0 Å². The van der Waals surface area contributed by atoms with Gasteiger partial charge in [-0.15, -0.1) is 6.58 Å². The second-order valence-electron chi connectivity index (χ2n) is 3.32. The number of anilines is 1. The van der Waals surface area contributed by atoms with Gasteiger partial charge < -0.3 is 10.4 Å². The molecule has 0 aliphatic carbocycles. The predicted molar refractivity (Wildman–Crippen MR) is 56.9 cm³/mol. The third-order valence-electron chi connectivity index (χ3n) is 1.95. The van der Waals surface area contributed by atoms with E-state index in [-0.39, 0.29) is 12.4 Å². The van der Waals surface area contributed by atoms with Crippen molar-refractivity contribution in [1.82, 2.24) is 9.97 Å². The predicted octanol–water partition coefficient (Wildman–Crippen LogP) is 1.94. The van der Waals surface area contributed by atoms with E-state index in [4.69, 9.17) is 5.11 Å². The van der Waals surface area contributed by atoms with Gasteiger partial charge in [-0.2, -0.15) is 13.2 Å². The molecule has 1 aromatic rings. The summed E-state index contributed by atoms with van der Waals surface area (Å²) in [5.41, 5.74) is -1.14. The van der Waals surface area contributed by atoms with Gasteiger partial charge in [0.2, 0.25) is 5.95 Å². The lowest BCUT2D eigenvalue weighted by Gasteiger charge is -2.13. The number of alkyl halides is 3. The van der Waals surface area contributed by atoms with Crippen LogP contribution in [0.5, 0.6) is 0 Å². The van der Waals surface area contributed by atoms with E-state index < -0.39 is 23.9 Å². The monoisotopic (exact) mass is 261 g/mol. The summed E-state index contributed by atoms with van der Waals surface area (Å²) in [4.78, 5) is 17.5. The summed E-state index contributed by atoms with van der Waals surface area (Å²) in [6, 6.07) is -0.417. The lowest BCUT2D eigenvalue weighted by atomic mass is 10.2. The van der Waals surface area contributed by atoms with Crippen molar-refractivity contribution in [3.8, 4) is 0 Å². The summed E-state index contributed by atoms with van der Waals surface area (Å²) >= 11 is 0. The Labute approximate surface area is 100 Å². The van der Waals surface area contributed by atoms with Crippen LogP contribution < -0.4 is 5.32 Å². The van der Waals surface area contributed by atoms with Gasteiger partial charge in [0.1, 0.15) is 11.7 Å². The SMILES string of the molecule is C=CCC(Nc1nccc(C(F)(F)F)n1)C(=O)O. The Kier molecular flexibility index (Phi) is 4.24. The minimum atomic E-state index is -4.60. The molecule has 0 fully saturated rings. The molecule has 0 aromatic carbocycles. The molecule has 0 amide bonds. The molecular formula is C10H10F3N3O2. The van der Waals surface area contributed by atoms with E-state index in [1.807, 2.05) is 0 Å². The van der Waals surface area contributed by atoms with Gasteiger partial charge in [-0.3, -0.25) is 0 Å². The van der Waals surface area contributed by atoms with Gasteiger partial charge in [0.25, 0.3) is 0 Å². The van der Waals surface area contributed by atoms with Crippen LogP contribution >= 0.6 is 0 Å². The fourth-order valence-corrected chi connectivity index (χ4v) is 1.13. The maximum absolute atomic E-state index is 12.4. The normalized spacial score (nSPS) is 12.8. The Bertz CT molecular complexity index is 448. The molecule has 0 aliphatic rings. The molecule has 1 atom stereocenters. The highest BCUT2D eigenvalue weighted by atomic mass is 19.4. The van der Waals surface area contributed by atoms with Gasteiger partial charge in [-0.25, -0.2) is 14.8 Å². The number of halogens is 3. The summed E-state index contributed by atoms with van der Waals surface area (Å²) in [5, 5.41) is 11.1. The first-order valence-corrected chi connectivity index (χ1v) is 4.85. The van der Waals surface area contributed by atoms with Crippen LogP contribution in [0.4, 0.5) is 19.1 Å². The fraction of sp³-hybridized carbons (Fsp3) is 0.300. The number of carbonyl (C=O) groups is 1. The summed E-state index contributed by atoms with van der Waals surface area (Å²) in [6.45, 7) is 3.36. The highest BCUT2D eigenvalue weighted by Crippen LogP contribution is 2.27. The van der Waals surface area contributed by atoms with Crippen molar-refractivity contribution >= 4 is 11.9 Å². The van der Waals surface area contributed by atoms with Crippen LogP contribution in [0.15, 0.2) is 24.9 Å². The average molecular weight is 261 g/mol. The molecule has 18 heavy (non-hydrogen) atoms. The van der Waals surface area contributed by atoms with Gasteiger partial charge in [0.05, 0.1) is 0 Å². The maximum atomic E-state index is 12.4. The van der Waals surface area contributed by atoms with E-state index in [2.05, 4.69) is 21.9 Å². The highest BCUT2D eigenvalue weighted by molar-refractivity contribution is 5.76. The second-order valence-corrected chi connectivity index (χ2v) is 3.32. The molecule has 1 aromatic heterocycles. The zero-order chi connectivity index (χ0) is 13.8. The zero-order valence-corrected chi connectivity index (χ0v) is 9.11. The van der Waals surface area contributed by atoms with Crippen molar-refractivity contribution in [3.63, 3.8) is 0 Å². The number of hydrogen-bond acceptors (Lipinski definition) is 4. The summed E-state index contributed by atoms with van der Waals surface area (Å²) in [5.74, 6) is -1.62. The Morgan fingerprint density at radius 2 is 2.28 bits per heavy atom. The van der Waals surface area contributed by atoms with Gasteiger partial charge in [0.15, 0.2) is 0 Å². The molecule has 0 radical (unpaired) electrons. The molecule has 98 valence electrons. The Morgan fingerprint density at radius 1 is 1.61 bits per heavy atom. The third-order valence-corrected chi connectivity index (χ3v) is 1.95. The minimum Gasteiger partial charge on any atom is -0.480 e. The van der Waals surface area contributed by atoms with E-state index >= 15 is 0 Å². The second kappa shape index (κ2) is 5.48. The van der Waals surface area contributed by atoms with Crippen LogP contribution in [-0.2, 0) is 11.0 Å². The van der Waals surface area contributed by atoms with Crippen LogP contribution in [0, 0.1) is 0 Å². The summed E-state index contributed by atoms with van der Waals surface area (Å²) < 4.78 is 37.1. The number of aromatic nitrogens is 2. The van der Waals surface area contributed by atoms with Crippen molar-refractivity contribution < 1.29 is 23.1 Å². The molecule has 0 spiro atoms. The number of hydrogen-bond donors (Lipinski definition) is 2. The molecule has 2 N–H and O–H groups in total. The van der Waals surface area contributed by atoms with Crippen LogP contribution in [0.1, 0.15) is 12.1 Å². The minimum absolute atomic E-state index is 0.0366. The van der Waals surface area contributed by atoms with E-state index in [1.54, 1.807) is 0 Å². The lowest BCUT2D eigenvalue weighted by molar-refractivity contribution is -0.141. The number of nitrogens with one attached hydrogen (secondary N) is 1. The number of nitrogens with zero attached hydrogens (tertiary/aromatic N) is 2. The summed E-state index contributed by atoms with van der Waals surface area (Å²) in [6.07, 6.45) is -2.32. The van der Waals surface area contributed by atoms with E-state index in [1.165, 1.54) is 6.08 Å². The van der Waals surface area contributed by atoms with Gasteiger partial charge in [-0.05, 0) is 12.5 Å². The molecule has 1 heterocycles. The fourth-order valence-electron chi connectivity index (χ4n) is 1.13. The molecule has 0 saturated carbocycles. The first kappa shape index (κ1) is 13.9. The van der Waals surface area contributed by atoms with E-state index in [0.29, 0.717) is 6.07 Å². The number of carboxylic acid groups (broad SMARTS) is 1. The number of aliphatic carboxylic acids is 1. The smallest absolute Gasteiger partial charge is 0.433 e. The summed E-state index contributed by atoms with van der Waals surface area (Å²) in [7, 11) is 0. The van der Waals surface area contributed by atoms with Crippen LogP contribution in [0.3, 0.4) is 0 Å². The third kappa shape index (κ3) is 3.72. The molecule has 0 bridgehead atoms. The van der Waals surface area contributed by atoms with Gasteiger partial charge in [-0.1, -0.05) is 6.08 Å². The Hall–Kier alpha value is -2.12. The van der Waals surface area contributed by atoms with E-state index in [0.717, 1.165) is 6.20 Å². The van der Waals surface area contributed by atoms with Crippen molar-refractivity contribution in [2.75, 3.05) is 5.32 Å². The largest absolute Gasteiger partial charge is 0.480 e. The van der Waals surface area contributed by atoms with Crippen molar-refractivity contribution in [2.45, 2.75) is 18.6 Å². The Balaban J connectivity index is 2.90. The quantitative estimate of drug-likeness (QED) is 0.792. The van der Waals surface area contributed by atoms with Crippen LogP contribution in [0.2, 0.25) is 0 Å². The average Bonchev–Trinajstić information content (AvgIpc) is 2.27. The van der Waals surface area contributed by atoms with Gasteiger partial charge in [0, 0.05) is 6.20 Å². The molecular weight excluding hydrogens is 251 g/mol. The first-order valence-electron chi connectivity index (χ1n) is 4.85.